The molecule has 0 unspecified atom stereocenters. The van der Waals surface area contributed by atoms with Gasteiger partial charge in [-0.2, -0.15) is 0 Å². The molecule has 6 heteroatoms. The number of hydrogen-bond donors (Lipinski definition) is 0. The molecule has 0 aliphatic heterocycles. The van der Waals surface area contributed by atoms with Crippen molar-refractivity contribution < 1.29 is 13.6 Å². The number of hydrogen-bond acceptors (Lipinski definition) is 3. The molecule has 2 heterocycles. The van der Waals surface area contributed by atoms with Crippen molar-refractivity contribution in [2.45, 2.75) is 12.8 Å². The molecule has 0 saturated carbocycles. The number of nitrogens with zero attached hydrogens (tertiary/aromatic N) is 2. The van der Waals surface area contributed by atoms with Crippen LogP contribution in [0.4, 0.5) is 8.78 Å². The van der Waals surface area contributed by atoms with Crippen molar-refractivity contribution in [3.8, 4) is 0 Å². The van der Waals surface area contributed by atoms with Gasteiger partial charge in [0.1, 0.15) is 11.6 Å². The summed E-state index contributed by atoms with van der Waals surface area (Å²) in [5, 5.41) is 0. The van der Waals surface area contributed by atoms with Crippen molar-refractivity contribution in [3.63, 3.8) is 0 Å². The Morgan fingerprint density at radius 1 is 1.12 bits per heavy atom. The van der Waals surface area contributed by atoms with E-state index in [4.69, 9.17) is 0 Å². The molecule has 0 aliphatic rings. The molecule has 0 radical (unpaired) electrons. The second-order valence-corrected chi connectivity index (χ2v) is 6.03. The number of halogens is 2. The van der Waals surface area contributed by atoms with Gasteiger partial charge in [-0.15, -0.1) is 0 Å². The average Bonchev–Trinajstić information content (AvgIpc) is 2.62. The predicted molar refractivity (Wildman–Crippen MR) is 93.1 cm³/mol. The first-order valence-electron chi connectivity index (χ1n) is 8.00. The van der Waals surface area contributed by atoms with E-state index < -0.39 is 11.6 Å². The second kappa shape index (κ2) is 7.39. The molecule has 0 bridgehead atoms. The van der Waals surface area contributed by atoms with Crippen LogP contribution in [0.3, 0.4) is 0 Å². The third-order valence-corrected chi connectivity index (χ3v) is 4.06. The van der Waals surface area contributed by atoms with Crippen LogP contribution in [0.2, 0.25) is 0 Å². The molecule has 4 nitrogen and oxygen atoms in total. The molecule has 0 spiro atoms. The zero-order valence-corrected chi connectivity index (χ0v) is 14.1. The third-order valence-electron chi connectivity index (χ3n) is 4.06. The van der Waals surface area contributed by atoms with Gasteiger partial charge in [0.15, 0.2) is 5.78 Å². The van der Waals surface area contributed by atoms with Crippen LogP contribution in [-0.4, -0.2) is 15.3 Å². The second-order valence-electron chi connectivity index (χ2n) is 6.03. The lowest BCUT2D eigenvalue weighted by atomic mass is 10.0. The van der Waals surface area contributed by atoms with Gasteiger partial charge < -0.3 is 4.57 Å². The Balaban J connectivity index is 1.71. The number of benzene rings is 1. The molecule has 0 amide bonds. The van der Waals surface area contributed by atoms with E-state index in [9.17, 15) is 18.4 Å². The summed E-state index contributed by atoms with van der Waals surface area (Å²) in [7, 11) is 1.61. The van der Waals surface area contributed by atoms with Crippen molar-refractivity contribution in [3.05, 3.63) is 99.2 Å². The Kier molecular flexibility index (Phi) is 5.02. The van der Waals surface area contributed by atoms with Crippen LogP contribution < -0.4 is 5.56 Å². The summed E-state index contributed by atoms with van der Waals surface area (Å²) in [5.41, 5.74) is 1.58. The standard InChI is InChI=1S/C20H16F2N2O2/c1-24-7-6-14(10-20(24)26)19(25)11-17-4-2-13(12-23-17)8-15-9-16(21)3-5-18(15)22/h2-7,9-10,12H,8,11H2,1H3. The van der Waals surface area contributed by atoms with E-state index in [1.165, 1.54) is 16.8 Å². The summed E-state index contributed by atoms with van der Waals surface area (Å²) in [6.45, 7) is 0. The fraction of sp³-hybridized carbons (Fsp3) is 0.150. The molecule has 0 fully saturated rings. The molecule has 1 aromatic carbocycles. The van der Waals surface area contributed by atoms with Crippen molar-refractivity contribution in [2.24, 2.45) is 7.05 Å². The molecule has 0 saturated heterocycles. The highest BCUT2D eigenvalue weighted by Crippen LogP contribution is 2.15. The first kappa shape index (κ1) is 17.7. The zero-order chi connectivity index (χ0) is 18.7. The van der Waals surface area contributed by atoms with Gasteiger partial charge in [-0.1, -0.05) is 6.07 Å². The Morgan fingerprint density at radius 3 is 2.62 bits per heavy atom. The molecule has 2 aromatic heterocycles. The number of aryl methyl sites for hydroxylation is 1. The quantitative estimate of drug-likeness (QED) is 0.662. The first-order valence-corrected chi connectivity index (χ1v) is 8.00. The maximum atomic E-state index is 13.7. The minimum atomic E-state index is -0.495. The summed E-state index contributed by atoms with van der Waals surface area (Å²) in [6, 6.07) is 9.60. The molecular formula is C20H16F2N2O2. The van der Waals surface area contributed by atoms with Crippen LogP contribution in [0, 0.1) is 11.6 Å². The van der Waals surface area contributed by atoms with E-state index >= 15 is 0 Å². The lowest BCUT2D eigenvalue weighted by molar-refractivity contribution is 0.0991. The number of carbonyl (C=O) groups excluding carboxylic acids is 1. The van der Waals surface area contributed by atoms with E-state index in [1.807, 2.05) is 0 Å². The van der Waals surface area contributed by atoms with E-state index in [-0.39, 0.29) is 29.7 Å². The van der Waals surface area contributed by atoms with Crippen LogP contribution in [0.15, 0.2) is 59.7 Å². The van der Waals surface area contributed by atoms with Crippen LogP contribution in [-0.2, 0) is 19.9 Å². The Morgan fingerprint density at radius 2 is 1.92 bits per heavy atom. The van der Waals surface area contributed by atoms with Crippen molar-refractivity contribution in [2.75, 3.05) is 0 Å². The molecule has 0 N–H and O–H groups in total. The van der Waals surface area contributed by atoms with E-state index in [1.54, 1.807) is 31.4 Å². The van der Waals surface area contributed by atoms with Gasteiger partial charge in [0.2, 0.25) is 0 Å². The number of carbonyl (C=O) groups is 1. The van der Waals surface area contributed by atoms with Gasteiger partial charge in [0.05, 0.1) is 6.42 Å². The number of ketones is 1. The lowest BCUT2D eigenvalue weighted by Gasteiger charge is -2.06. The molecule has 3 rings (SSSR count). The van der Waals surface area contributed by atoms with Crippen LogP contribution in [0.25, 0.3) is 0 Å². The molecular weight excluding hydrogens is 338 g/mol. The van der Waals surface area contributed by atoms with Gasteiger partial charge >= 0.3 is 0 Å². The molecule has 3 aromatic rings. The predicted octanol–water partition coefficient (Wildman–Crippen LogP) is 3.07. The fourth-order valence-electron chi connectivity index (χ4n) is 2.55. The molecule has 0 aliphatic carbocycles. The van der Waals surface area contributed by atoms with E-state index in [2.05, 4.69) is 4.98 Å². The topological polar surface area (TPSA) is 52.0 Å². The first-order chi connectivity index (χ1) is 12.4. The van der Waals surface area contributed by atoms with E-state index in [0.717, 1.165) is 18.2 Å². The summed E-state index contributed by atoms with van der Waals surface area (Å²) in [5.74, 6) is -1.18. The Bertz CT molecular complexity index is 1010. The molecule has 132 valence electrons. The van der Waals surface area contributed by atoms with Gasteiger partial charge in [0, 0.05) is 43.2 Å². The highest BCUT2D eigenvalue weighted by atomic mass is 19.1. The van der Waals surface area contributed by atoms with Crippen LogP contribution in [0.1, 0.15) is 27.2 Å². The number of rotatable bonds is 5. The molecule has 0 atom stereocenters. The largest absolute Gasteiger partial charge is 0.319 e. The summed E-state index contributed by atoms with van der Waals surface area (Å²) < 4.78 is 28.3. The highest BCUT2D eigenvalue weighted by molar-refractivity contribution is 5.97. The minimum Gasteiger partial charge on any atom is -0.319 e. The summed E-state index contributed by atoms with van der Waals surface area (Å²) in [6.07, 6.45) is 3.35. The number of pyridine rings is 2. The van der Waals surface area contributed by atoms with Gasteiger partial charge in [-0.05, 0) is 41.5 Å². The van der Waals surface area contributed by atoms with Gasteiger partial charge in [-0.25, -0.2) is 8.78 Å². The SMILES string of the molecule is Cn1ccc(C(=O)Cc2ccc(Cc3cc(F)ccc3F)cn2)cc1=O. The maximum absolute atomic E-state index is 13.7. The Labute approximate surface area is 148 Å². The number of aromatic nitrogens is 2. The number of Topliss-reactive ketones (excluding diaryl/α,β-unsaturated/α-hetero) is 1. The Hall–Kier alpha value is -3.15. The third kappa shape index (κ3) is 4.08. The maximum Gasteiger partial charge on any atom is 0.250 e. The zero-order valence-electron chi connectivity index (χ0n) is 14.1. The highest BCUT2D eigenvalue weighted by Gasteiger charge is 2.10. The van der Waals surface area contributed by atoms with Crippen LogP contribution >= 0.6 is 0 Å². The minimum absolute atomic E-state index is 0.0573. The smallest absolute Gasteiger partial charge is 0.250 e. The van der Waals surface area contributed by atoms with Crippen LogP contribution in [0.5, 0.6) is 0 Å². The lowest BCUT2D eigenvalue weighted by Crippen LogP contribution is -2.17. The monoisotopic (exact) mass is 354 g/mol. The summed E-state index contributed by atoms with van der Waals surface area (Å²) in [4.78, 5) is 28.1. The van der Waals surface area contributed by atoms with Crippen molar-refractivity contribution in [1.82, 2.24) is 9.55 Å². The van der Waals surface area contributed by atoms with Gasteiger partial charge in [0.25, 0.3) is 5.56 Å². The summed E-state index contributed by atoms with van der Waals surface area (Å²) >= 11 is 0. The average molecular weight is 354 g/mol. The van der Waals surface area contributed by atoms with Gasteiger partial charge in [-0.3, -0.25) is 14.6 Å². The van der Waals surface area contributed by atoms with E-state index in [0.29, 0.717) is 16.8 Å². The fourth-order valence-corrected chi connectivity index (χ4v) is 2.55. The molecule has 26 heavy (non-hydrogen) atoms. The van der Waals surface area contributed by atoms with Crippen molar-refractivity contribution in [1.29, 1.82) is 0 Å². The normalized spacial score (nSPS) is 10.7. The van der Waals surface area contributed by atoms with Crippen molar-refractivity contribution >= 4 is 5.78 Å².